The number of carbonyl (C=O) groups excluding carboxylic acids is 1. The summed E-state index contributed by atoms with van der Waals surface area (Å²) in [5.41, 5.74) is 0. The summed E-state index contributed by atoms with van der Waals surface area (Å²) < 4.78 is 15.7. The van der Waals surface area contributed by atoms with Crippen LogP contribution < -0.4 is 0 Å². The Bertz CT molecular complexity index is 187. The summed E-state index contributed by atoms with van der Waals surface area (Å²) in [6, 6.07) is 0. The van der Waals surface area contributed by atoms with Crippen LogP contribution in [0.2, 0.25) is 0 Å². The van der Waals surface area contributed by atoms with Crippen LogP contribution in [0.25, 0.3) is 0 Å². The van der Waals surface area contributed by atoms with Gasteiger partial charge in [0.15, 0.2) is 5.79 Å². The molecule has 0 heterocycles. The highest BCUT2D eigenvalue weighted by molar-refractivity contribution is 5.70. The lowest BCUT2D eigenvalue weighted by Gasteiger charge is -2.29. The third-order valence-corrected chi connectivity index (χ3v) is 2.55. The molecule has 0 amide bonds. The second kappa shape index (κ2) is 8.53. The van der Waals surface area contributed by atoms with Crippen molar-refractivity contribution < 1.29 is 19.0 Å². The fourth-order valence-corrected chi connectivity index (χ4v) is 1.50. The van der Waals surface area contributed by atoms with E-state index in [1.54, 1.807) is 14.2 Å². The lowest BCUT2D eigenvalue weighted by molar-refractivity contribution is -0.220. The molecule has 0 aliphatic carbocycles. The summed E-state index contributed by atoms with van der Waals surface area (Å²) in [7, 11) is 3.11. The lowest BCUT2D eigenvalue weighted by Crippen LogP contribution is -2.36. The average molecular weight is 232 g/mol. The van der Waals surface area contributed by atoms with Crippen LogP contribution in [0.4, 0.5) is 0 Å². The van der Waals surface area contributed by atoms with E-state index in [4.69, 9.17) is 14.2 Å². The minimum atomic E-state index is -0.821. The molecule has 0 unspecified atom stereocenters. The molecule has 0 saturated heterocycles. The fourth-order valence-electron chi connectivity index (χ4n) is 1.50. The topological polar surface area (TPSA) is 44.8 Å². The standard InChI is InChI=1S/C12H24O4/c1-5-7-9-16-11(13)10-12(14-3,15-4)8-6-2/h5-10H2,1-4H3. The first kappa shape index (κ1) is 15.4. The molecule has 0 N–H and O–H groups in total. The molecular formula is C12H24O4. The second-order valence-electron chi connectivity index (χ2n) is 3.82. The van der Waals surface area contributed by atoms with Crippen molar-refractivity contribution in [2.24, 2.45) is 0 Å². The van der Waals surface area contributed by atoms with Crippen molar-refractivity contribution in [3.05, 3.63) is 0 Å². The Balaban J connectivity index is 4.11. The van der Waals surface area contributed by atoms with Gasteiger partial charge < -0.3 is 14.2 Å². The molecule has 0 aliphatic heterocycles. The first-order valence-electron chi connectivity index (χ1n) is 5.90. The molecule has 0 rings (SSSR count). The molecule has 4 nitrogen and oxygen atoms in total. The molecule has 0 aromatic rings. The molecule has 0 saturated carbocycles. The maximum Gasteiger partial charge on any atom is 0.311 e. The number of hydrogen-bond donors (Lipinski definition) is 0. The van der Waals surface area contributed by atoms with E-state index in [1.807, 2.05) is 6.92 Å². The third-order valence-electron chi connectivity index (χ3n) is 2.55. The minimum Gasteiger partial charge on any atom is -0.466 e. The molecule has 0 aliphatic rings. The van der Waals surface area contributed by atoms with Crippen LogP contribution in [0.5, 0.6) is 0 Å². The predicted molar refractivity (Wildman–Crippen MR) is 62.1 cm³/mol. The van der Waals surface area contributed by atoms with Gasteiger partial charge in [0.2, 0.25) is 0 Å². The van der Waals surface area contributed by atoms with Crippen molar-refractivity contribution in [1.29, 1.82) is 0 Å². The first-order valence-corrected chi connectivity index (χ1v) is 5.90. The summed E-state index contributed by atoms with van der Waals surface area (Å²) in [6.45, 7) is 4.56. The van der Waals surface area contributed by atoms with Gasteiger partial charge >= 0.3 is 5.97 Å². The summed E-state index contributed by atoms with van der Waals surface area (Å²) in [6.07, 6.45) is 3.64. The maximum absolute atomic E-state index is 11.5. The van der Waals surface area contributed by atoms with Gasteiger partial charge in [-0.1, -0.05) is 26.7 Å². The Morgan fingerprint density at radius 3 is 2.19 bits per heavy atom. The maximum atomic E-state index is 11.5. The fraction of sp³-hybridized carbons (Fsp3) is 0.917. The van der Waals surface area contributed by atoms with E-state index < -0.39 is 5.79 Å². The quantitative estimate of drug-likeness (QED) is 0.348. The number of hydrogen-bond acceptors (Lipinski definition) is 4. The van der Waals surface area contributed by atoms with E-state index in [2.05, 4.69) is 6.92 Å². The molecule has 0 bridgehead atoms. The molecule has 0 fully saturated rings. The highest BCUT2D eigenvalue weighted by atomic mass is 16.7. The van der Waals surface area contributed by atoms with Crippen LogP contribution in [0.1, 0.15) is 46.0 Å². The average Bonchev–Trinajstić information content (AvgIpc) is 2.29. The summed E-state index contributed by atoms with van der Waals surface area (Å²) >= 11 is 0. The van der Waals surface area contributed by atoms with E-state index in [1.165, 1.54) is 0 Å². The van der Waals surface area contributed by atoms with Gasteiger partial charge in [0.05, 0.1) is 13.0 Å². The van der Waals surface area contributed by atoms with Gasteiger partial charge in [-0.3, -0.25) is 4.79 Å². The normalized spacial score (nSPS) is 11.5. The Morgan fingerprint density at radius 1 is 1.12 bits per heavy atom. The van der Waals surface area contributed by atoms with E-state index in [9.17, 15) is 4.79 Å². The zero-order chi connectivity index (χ0) is 12.4. The highest BCUT2D eigenvalue weighted by Gasteiger charge is 2.32. The molecule has 16 heavy (non-hydrogen) atoms. The van der Waals surface area contributed by atoms with Gasteiger partial charge in [-0.15, -0.1) is 0 Å². The second-order valence-corrected chi connectivity index (χ2v) is 3.82. The van der Waals surface area contributed by atoms with Crippen LogP contribution in [0.15, 0.2) is 0 Å². The predicted octanol–water partition coefficient (Wildman–Crippen LogP) is 2.51. The van der Waals surface area contributed by atoms with Gasteiger partial charge in [-0.25, -0.2) is 0 Å². The van der Waals surface area contributed by atoms with Crippen molar-refractivity contribution in [1.82, 2.24) is 0 Å². The number of unbranched alkanes of at least 4 members (excludes halogenated alkanes) is 1. The Morgan fingerprint density at radius 2 is 1.75 bits per heavy atom. The molecule has 0 atom stereocenters. The summed E-state index contributed by atoms with van der Waals surface area (Å²) in [5.74, 6) is -1.08. The van der Waals surface area contributed by atoms with Crippen LogP contribution in [0.3, 0.4) is 0 Å². The largest absolute Gasteiger partial charge is 0.466 e. The van der Waals surface area contributed by atoms with Gasteiger partial charge in [0, 0.05) is 20.6 Å². The van der Waals surface area contributed by atoms with Crippen molar-refractivity contribution in [2.45, 2.75) is 51.7 Å². The zero-order valence-electron chi connectivity index (χ0n) is 10.9. The summed E-state index contributed by atoms with van der Waals surface area (Å²) in [4.78, 5) is 11.5. The number of carbonyl (C=O) groups is 1. The van der Waals surface area contributed by atoms with Crippen LogP contribution in [0, 0.1) is 0 Å². The molecular weight excluding hydrogens is 208 g/mol. The number of methoxy groups -OCH3 is 2. The minimum absolute atomic E-state index is 0.150. The van der Waals surface area contributed by atoms with Crippen molar-refractivity contribution in [3.8, 4) is 0 Å². The van der Waals surface area contributed by atoms with Crippen LogP contribution >= 0.6 is 0 Å². The van der Waals surface area contributed by atoms with E-state index in [0.29, 0.717) is 13.0 Å². The number of esters is 1. The molecule has 0 radical (unpaired) electrons. The highest BCUT2D eigenvalue weighted by Crippen LogP contribution is 2.23. The van der Waals surface area contributed by atoms with Gasteiger partial charge in [0.1, 0.15) is 0 Å². The number of rotatable bonds is 9. The van der Waals surface area contributed by atoms with E-state index >= 15 is 0 Å². The van der Waals surface area contributed by atoms with E-state index in [0.717, 1.165) is 19.3 Å². The molecule has 0 spiro atoms. The van der Waals surface area contributed by atoms with Crippen molar-refractivity contribution >= 4 is 5.97 Å². The lowest BCUT2D eigenvalue weighted by atomic mass is 10.1. The Kier molecular flexibility index (Phi) is 8.21. The van der Waals surface area contributed by atoms with Gasteiger partial charge in [0.25, 0.3) is 0 Å². The van der Waals surface area contributed by atoms with E-state index in [-0.39, 0.29) is 12.4 Å². The van der Waals surface area contributed by atoms with Crippen LogP contribution in [-0.4, -0.2) is 32.6 Å². The van der Waals surface area contributed by atoms with Gasteiger partial charge in [-0.2, -0.15) is 0 Å². The summed E-state index contributed by atoms with van der Waals surface area (Å²) in [5, 5.41) is 0. The van der Waals surface area contributed by atoms with Crippen molar-refractivity contribution in [2.75, 3.05) is 20.8 Å². The van der Waals surface area contributed by atoms with Crippen molar-refractivity contribution in [3.63, 3.8) is 0 Å². The molecule has 96 valence electrons. The first-order chi connectivity index (χ1) is 7.64. The monoisotopic (exact) mass is 232 g/mol. The molecule has 4 heteroatoms. The molecule has 0 aromatic carbocycles. The van der Waals surface area contributed by atoms with Crippen LogP contribution in [-0.2, 0) is 19.0 Å². The smallest absolute Gasteiger partial charge is 0.311 e. The Hall–Kier alpha value is -0.610. The Labute approximate surface area is 98.3 Å². The molecule has 0 aromatic heterocycles. The van der Waals surface area contributed by atoms with Gasteiger partial charge in [-0.05, 0) is 6.42 Å². The SMILES string of the molecule is CCCCOC(=O)CC(CCC)(OC)OC. The third kappa shape index (κ3) is 5.47. The zero-order valence-corrected chi connectivity index (χ0v) is 10.9. The number of ether oxygens (including phenoxy) is 3.